The highest BCUT2D eigenvalue weighted by Crippen LogP contribution is 2.27. The van der Waals surface area contributed by atoms with E-state index in [2.05, 4.69) is 6.07 Å². The number of amides is 1. The topological polar surface area (TPSA) is 20.3 Å². The average molecular weight is 280 g/mol. The van der Waals surface area contributed by atoms with Gasteiger partial charge in [0.15, 0.2) is 0 Å². The number of rotatable bonds is 1. The van der Waals surface area contributed by atoms with Gasteiger partial charge in [0.1, 0.15) is 0 Å². The van der Waals surface area contributed by atoms with Crippen LogP contribution in [0.25, 0.3) is 10.1 Å². The first kappa shape index (κ1) is 12.0. The van der Waals surface area contributed by atoms with Gasteiger partial charge in [-0.15, -0.1) is 22.9 Å². The van der Waals surface area contributed by atoms with E-state index in [0.717, 1.165) is 30.3 Å². The first-order chi connectivity index (χ1) is 8.75. The molecule has 1 aliphatic rings. The van der Waals surface area contributed by atoms with Crippen LogP contribution in [0.2, 0.25) is 0 Å². The van der Waals surface area contributed by atoms with Crippen molar-refractivity contribution in [1.29, 1.82) is 0 Å². The summed E-state index contributed by atoms with van der Waals surface area (Å²) in [6, 6.07) is 8.05. The molecule has 1 aromatic heterocycles. The molecule has 0 N–H and O–H groups in total. The summed E-state index contributed by atoms with van der Waals surface area (Å²) in [4.78, 5) is 14.4. The number of carbonyl (C=O) groups is 1. The smallest absolute Gasteiger partial charge is 0.255 e. The number of carbonyl (C=O) groups excluding carboxylic acids is 1. The second-order valence-corrected chi connectivity index (χ2v) is 6.16. The van der Waals surface area contributed by atoms with Crippen LogP contribution in [0.5, 0.6) is 0 Å². The minimum absolute atomic E-state index is 0.104. The van der Waals surface area contributed by atoms with Crippen LogP contribution < -0.4 is 0 Å². The Hall–Kier alpha value is -1.06. The maximum Gasteiger partial charge on any atom is 0.255 e. The molecular weight excluding hydrogens is 266 g/mol. The molecule has 0 radical (unpaired) electrons. The Kier molecular flexibility index (Phi) is 3.27. The lowest BCUT2D eigenvalue weighted by molar-refractivity contribution is 0.0729. The molecule has 18 heavy (non-hydrogen) atoms. The van der Waals surface area contributed by atoms with Gasteiger partial charge in [0, 0.05) is 28.6 Å². The number of hydrogen-bond donors (Lipinski definition) is 0. The Labute approximate surface area is 115 Å². The third kappa shape index (κ3) is 2.13. The van der Waals surface area contributed by atoms with Gasteiger partial charge in [-0.2, -0.15) is 0 Å². The van der Waals surface area contributed by atoms with Crippen molar-refractivity contribution >= 4 is 38.9 Å². The lowest BCUT2D eigenvalue weighted by Crippen LogP contribution is -2.40. The summed E-state index contributed by atoms with van der Waals surface area (Å²) in [5.74, 6) is 0.123. The van der Waals surface area contributed by atoms with Crippen molar-refractivity contribution in [2.75, 3.05) is 13.1 Å². The van der Waals surface area contributed by atoms with Crippen molar-refractivity contribution in [3.63, 3.8) is 0 Å². The van der Waals surface area contributed by atoms with Crippen molar-refractivity contribution in [3.05, 3.63) is 35.2 Å². The second-order valence-electron chi connectivity index (χ2n) is 4.64. The molecule has 2 aromatic rings. The summed E-state index contributed by atoms with van der Waals surface area (Å²) in [6.45, 7) is 1.50. The average Bonchev–Trinajstić information content (AvgIpc) is 2.82. The van der Waals surface area contributed by atoms with Crippen LogP contribution in [0.15, 0.2) is 29.6 Å². The van der Waals surface area contributed by atoms with Crippen LogP contribution in [-0.4, -0.2) is 29.3 Å². The number of alkyl halides is 1. The molecule has 1 saturated heterocycles. The molecule has 1 fully saturated rings. The van der Waals surface area contributed by atoms with Crippen molar-refractivity contribution in [2.45, 2.75) is 18.2 Å². The number of fused-ring (bicyclic) bond motifs is 1. The van der Waals surface area contributed by atoms with Crippen molar-refractivity contribution < 1.29 is 4.79 Å². The molecule has 4 heteroatoms. The fraction of sp³-hybridized carbons (Fsp3) is 0.357. The van der Waals surface area contributed by atoms with E-state index in [9.17, 15) is 4.79 Å². The lowest BCUT2D eigenvalue weighted by atomic mass is 10.1. The van der Waals surface area contributed by atoms with Crippen LogP contribution in [0.4, 0.5) is 0 Å². The summed E-state index contributed by atoms with van der Waals surface area (Å²) in [5.41, 5.74) is 0.821. The number of likely N-dealkylation sites (tertiary alicyclic amines) is 1. The molecule has 1 aliphatic heterocycles. The van der Waals surface area contributed by atoms with Crippen LogP contribution in [0, 0.1) is 0 Å². The molecular formula is C14H14ClNOS. The van der Waals surface area contributed by atoms with Gasteiger partial charge in [-0.05, 0) is 18.9 Å². The van der Waals surface area contributed by atoms with Gasteiger partial charge >= 0.3 is 0 Å². The van der Waals surface area contributed by atoms with E-state index in [-0.39, 0.29) is 11.3 Å². The Morgan fingerprint density at radius 3 is 3.06 bits per heavy atom. The Balaban J connectivity index is 1.92. The first-order valence-electron chi connectivity index (χ1n) is 6.15. The monoisotopic (exact) mass is 279 g/mol. The second kappa shape index (κ2) is 4.90. The van der Waals surface area contributed by atoms with E-state index >= 15 is 0 Å². The Morgan fingerprint density at radius 1 is 1.39 bits per heavy atom. The summed E-state index contributed by atoms with van der Waals surface area (Å²) in [6.07, 6.45) is 2.01. The number of benzene rings is 1. The molecule has 94 valence electrons. The highest BCUT2D eigenvalue weighted by Gasteiger charge is 2.24. The molecule has 0 aliphatic carbocycles. The van der Waals surface area contributed by atoms with Gasteiger partial charge in [0.2, 0.25) is 0 Å². The number of piperidine rings is 1. The van der Waals surface area contributed by atoms with Gasteiger partial charge in [0.25, 0.3) is 5.91 Å². The van der Waals surface area contributed by atoms with Crippen LogP contribution in [0.1, 0.15) is 23.2 Å². The number of halogens is 1. The predicted octanol–water partition coefficient (Wildman–Crippen LogP) is 3.74. The summed E-state index contributed by atoms with van der Waals surface area (Å²) in [7, 11) is 0. The molecule has 1 atom stereocenters. The fourth-order valence-corrected chi connectivity index (χ4v) is 3.68. The number of hydrogen-bond acceptors (Lipinski definition) is 2. The molecule has 1 amide bonds. The van der Waals surface area contributed by atoms with Crippen LogP contribution >= 0.6 is 22.9 Å². The predicted molar refractivity (Wildman–Crippen MR) is 76.6 cm³/mol. The molecule has 3 rings (SSSR count). The van der Waals surface area contributed by atoms with E-state index in [1.807, 2.05) is 28.5 Å². The quantitative estimate of drug-likeness (QED) is 0.728. The fourth-order valence-electron chi connectivity index (χ4n) is 2.42. The van der Waals surface area contributed by atoms with Gasteiger partial charge in [-0.25, -0.2) is 0 Å². The SMILES string of the molecule is O=C(c1csc2ccccc12)N1CCCC(Cl)C1. The standard InChI is InChI=1S/C14H14ClNOS/c15-10-4-3-7-16(8-10)14(17)12-9-18-13-6-2-1-5-11(12)13/h1-2,5-6,9-10H,3-4,7-8H2. The Bertz CT molecular complexity index is 580. The lowest BCUT2D eigenvalue weighted by Gasteiger charge is -2.29. The number of thiophene rings is 1. The maximum absolute atomic E-state index is 12.5. The van der Waals surface area contributed by atoms with Crippen molar-refractivity contribution in [3.8, 4) is 0 Å². The molecule has 2 nitrogen and oxygen atoms in total. The molecule has 0 saturated carbocycles. The minimum Gasteiger partial charge on any atom is -0.337 e. The third-order valence-corrected chi connectivity index (χ3v) is 4.68. The minimum atomic E-state index is 0.104. The molecule has 0 bridgehead atoms. The van der Waals surface area contributed by atoms with Gasteiger partial charge in [0.05, 0.1) is 10.9 Å². The zero-order valence-corrected chi connectivity index (χ0v) is 11.5. The van der Waals surface area contributed by atoms with Gasteiger partial charge in [-0.3, -0.25) is 4.79 Å². The summed E-state index contributed by atoms with van der Waals surface area (Å²) in [5, 5.41) is 3.13. The van der Waals surface area contributed by atoms with E-state index < -0.39 is 0 Å². The molecule has 2 heterocycles. The van der Waals surface area contributed by atoms with Crippen molar-refractivity contribution in [2.24, 2.45) is 0 Å². The third-order valence-electron chi connectivity index (χ3n) is 3.36. The Morgan fingerprint density at radius 2 is 2.22 bits per heavy atom. The van der Waals surface area contributed by atoms with E-state index in [0.29, 0.717) is 6.54 Å². The molecule has 0 spiro atoms. The first-order valence-corrected chi connectivity index (χ1v) is 7.47. The normalized spacial score (nSPS) is 20.3. The molecule has 1 aromatic carbocycles. The summed E-state index contributed by atoms with van der Waals surface area (Å²) >= 11 is 7.77. The van der Waals surface area contributed by atoms with Crippen molar-refractivity contribution in [1.82, 2.24) is 4.90 Å². The van der Waals surface area contributed by atoms with Gasteiger partial charge in [-0.1, -0.05) is 18.2 Å². The maximum atomic E-state index is 12.5. The van der Waals surface area contributed by atoms with Gasteiger partial charge < -0.3 is 4.90 Å². The summed E-state index contributed by atoms with van der Waals surface area (Å²) < 4.78 is 1.17. The van der Waals surface area contributed by atoms with Crippen LogP contribution in [-0.2, 0) is 0 Å². The highest BCUT2D eigenvalue weighted by atomic mass is 35.5. The van der Waals surface area contributed by atoms with Crippen LogP contribution in [0.3, 0.4) is 0 Å². The highest BCUT2D eigenvalue weighted by molar-refractivity contribution is 7.17. The van der Waals surface area contributed by atoms with E-state index in [1.165, 1.54) is 4.70 Å². The largest absolute Gasteiger partial charge is 0.337 e. The van der Waals surface area contributed by atoms with E-state index in [1.54, 1.807) is 11.3 Å². The zero-order chi connectivity index (χ0) is 12.5. The van der Waals surface area contributed by atoms with E-state index in [4.69, 9.17) is 11.6 Å². The number of nitrogens with zero attached hydrogens (tertiary/aromatic N) is 1. The zero-order valence-electron chi connectivity index (χ0n) is 9.93. The molecule has 1 unspecified atom stereocenters.